The second-order valence-electron chi connectivity index (χ2n) is 3.78. The van der Waals surface area contributed by atoms with Crippen molar-refractivity contribution in [2.75, 3.05) is 11.9 Å². The Bertz CT molecular complexity index is 601. The highest BCUT2D eigenvalue weighted by Crippen LogP contribution is 2.11. The van der Waals surface area contributed by atoms with Crippen molar-refractivity contribution in [1.82, 2.24) is 4.57 Å². The number of aromatic nitrogens is 2. The molecule has 4 heteroatoms. The maximum absolute atomic E-state index is 12.1. The third kappa shape index (κ3) is 1.02. The summed E-state index contributed by atoms with van der Waals surface area (Å²) in [6.45, 7) is 1.59. The lowest BCUT2D eigenvalue weighted by Crippen LogP contribution is -2.38. The van der Waals surface area contributed by atoms with Crippen molar-refractivity contribution in [2.24, 2.45) is 7.05 Å². The number of aryl methyl sites for hydroxylation is 1. The number of anilines is 1. The van der Waals surface area contributed by atoms with Crippen LogP contribution in [0.2, 0.25) is 0 Å². The van der Waals surface area contributed by atoms with E-state index in [1.165, 1.54) is 0 Å². The van der Waals surface area contributed by atoms with Gasteiger partial charge in [-0.3, -0.25) is 10.1 Å². The van der Waals surface area contributed by atoms with Crippen molar-refractivity contribution in [3.05, 3.63) is 34.6 Å². The van der Waals surface area contributed by atoms with E-state index in [1.54, 1.807) is 4.57 Å². The number of nitrogens with one attached hydrogen (secondary N) is 1. The van der Waals surface area contributed by atoms with E-state index in [9.17, 15) is 4.79 Å². The third-order valence-electron chi connectivity index (χ3n) is 2.93. The summed E-state index contributed by atoms with van der Waals surface area (Å²) in [6, 6.07) is 7.70. The molecule has 1 aromatic heterocycles. The topological polar surface area (TPSA) is 37.9 Å². The van der Waals surface area contributed by atoms with Gasteiger partial charge >= 0.3 is 11.5 Å². The van der Waals surface area contributed by atoms with Crippen LogP contribution in [0.25, 0.3) is 10.9 Å². The molecule has 2 heterocycles. The van der Waals surface area contributed by atoms with Crippen molar-refractivity contribution in [1.29, 1.82) is 0 Å². The SMILES string of the molecule is C[n+]1c2n(c(=O)c3ccccc31)CCN2. The quantitative estimate of drug-likeness (QED) is 0.622. The molecular weight excluding hydrogens is 190 g/mol. The minimum atomic E-state index is 0.101. The van der Waals surface area contributed by atoms with Gasteiger partial charge in [0.05, 0.1) is 19.0 Å². The lowest BCUT2D eigenvalue weighted by Gasteiger charge is -2.04. The van der Waals surface area contributed by atoms with Crippen molar-refractivity contribution in [3.63, 3.8) is 0 Å². The maximum Gasteiger partial charge on any atom is 0.360 e. The molecule has 3 rings (SSSR count). The second-order valence-corrected chi connectivity index (χ2v) is 3.78. The highest BCUT2D eigenvalue weighted by atomic mass is 16.1. The molecule has 0 fully saturated rings. The van der Waals surface area contributed by atoms with E-state index in [1.807, 2.05) is 35.9 Å². The van der Waals surface area contributed by atoms with Gasteiger partial charge in [-0.15, -0.1) is 0 Å². The average Bonchev–Trinajstić information content (AvgIpc) is 2.75. The number of para-hydroxylation sites is 1. The van der Waals surface area contributed by atoms with Crippen LogP contribution in [-0.4, -0.2) is 11.1 Å². The van der Waals surface area contributed by atoms with Crippen molar-refractivity contribution < 1.29 is 4.57 Å². The summed E-state index contributed by atoms with van der Waals surface area (Å²) in [5.41, 5.74) is 1.08. The number of fused-ring (bicyclic) bond motifs is 2. The summed E-state index contributed by atoms with van der Waals surface area (Å²) in [4.78, 5) is 12.1. The Morgan fingerprint density at radius 3 is 3.07 bits per heavy atom. The molecule has 0 saturated carbocycles. The van der Waals surface area contributed by atoms with Crippen molar-refractivity contribution in [3.8, 4) is 0 Å². The Kier molecular flexibility index (Phi) is 1.59. The van der Waals surface area contributed by atoms with Crippen LogP contribution in [0.1, 0.15) is 0 Å². The molecule has 0 spiro atoms. The van der Waals surface area contributed by atoms with E-state index >= 15 is 0 Å². The van der Waals surface area contributed by atoms with Gasteiger partial charge < -0.3 is 0 Å². The first-order valence-corrected chi connectivity index (χ1v) is 5.04. The molecule has 0 unspecified atom stereocenters. The van der Waals surface area contributed by atoms with Gasteiger partial charge in [0.15, 0.2) is 0 Å². The van der Waals surface area contributed by atoms with Gasteiger partial charge in [0.25, 0.3) is 0 Å². The minimum Gasteiger partial charge on any atom is -0.274 e. The van der Waals surface area contributed by atoms with Crippen LogP contribution in [0, 0.1) is 0 Å². The molecule has 2 aromatic rings. The zero-order valence-electron chi connectivity index (χ0n) is 8.53. The van der Waals surface area contributed by atoms with E-state index in [2.05, 4.69) is 5.32 Å². The van der Waals surface area contributed by atoms with Crippen LogP contribution in [0.5, 0.6) is 0 Å². The first-order valence-electron chi connectivity index (χ1n) is 5.04. The van der Waals surface area contributed by atoms with Crippen LogP contribution >= 0.6 is 0 Å². The molecule has 0 aliphatic carbocycles. The largest absolute Gasteiger partial charge is 0.360 e. The Hall–Kier alpha value is -1.84. The summed E-state index contributed by atoms with van der Waals surface area (Å²) < 4.78 is 3.83. The first kappa shape index (κ1) is 8.47. The smallest absolute Gasteiger partial charge is 0.274 e. The fourth-order valence-corrected chi connectivity index (χ4v) is 2.18. The lowest BCUT2D eigenvalue weighted by atomic mass is 10.2. The predicted molar refractivity (Wildman–Crippen MR) is 57.9 cm³/mol. The molecule has 76 valence electrons. The molecule has 1 aliphatic heterocycles. The normalized spacial score (nSPS) is 13.9. The maximum atomic E-state index is 12.1. The Morgan fingerprint density at radius 2 is 2.20 bits per heavy atom. The number of benzene rings is 1. The van der Waals surface area contributed by atoms with Crippen LogP contribution in [0.15, 0.2) is 29.1 Å². The molecule has 1 aliphatic rings. The molecule has 0 radical (unpaired) electrons. The summed E-state index contributed by atoms with van der Waals surface area (Å²) in [7, 11) is 1.98. The molecule has 0 amide bonds. The van der Waals surface area contributed by atoms with E-state index < -0.39 is 0 Å². The zero-order chi connectivity index (χ0) is 10.4. The molecule has 15 heavy (non-hydrogen) atoms. The number of nitrogens with zero attached hydrogens (tertiary/aromatic N) is 2. The van der Waals surface area contributed by atoms with Crippen molar-refractivity contribution >= 4 is 16.9 Å². The van der Waals surface area contributed by atoms with Gasteiger partial charge in [-0.25, -0.2) is 4.57 Å². The standard InChI is InChI=1S/C11H11N3O/c1-13-9-5-3-2-4-8(9)10(15)14-7-6-12-11(13)14/h2-5H,6-7H2,1H3/p+1. The average molecular weight is 202 g/mol. The Labute approximate surface area is 86.8 Å². The summed E-state index contributed by atoms with van der Waals surface area (Å²) in [5, 5.41) is 4.01. The molecule has 1 N–H and O–H groups in total. The third-order valence-corrected chi connectivity index (χ3v) is 2.93. The molecule has 0 bridgehead atoms. The van der Waals surface area contributed by atoms with Gasteiger partial charge in [0.1, 0.15) is 12.1 Å². The van der Waals surface area contributed by atoms with Gasteiger partial charge in [0.2, 0.25) is 0 Å². The van der Waals surface area contributed by atoms with Gasteiger partial charge in [-0.1, -0.05) is 12.1 Å². The highest BCUT2D eigenvalue weighted by molar-refractivity contribution is 5.75. The van der Waals surface area contributed by atoms with Gasteiger partial charge in [-0.05, 0) is 12.1 Å². The molecule has 4 nitrogen and oxygen atoms in total. The van der Waals surface area contributed by atoms with Crippen LogP contribution in [-0.2, 0) is 13.6 Å². The van der Waals surface area contributed by atoms with Crippen LogP contribution in [0.4, 0.5) is 5.95 Å². The molecular formula is C11H12N3O+. The van der Waals surface area contributed by atoms with Crippen LogP contribution in [0.3, 0.4) is 0 Å². The summed E-state index contributed by atoms with van der Waals surface area (Å²) in [5.74, 6) is 0.902. The number of rotatable bonds is 0. The first-order chi connectivity index (χ1) is 7.29. The number of hydrogen-bond donors (Lipinski definition) is 1. The molecule has 1 aromatic carbocycles. The van der Waals surface area contributed by atoms with Crippen molar-refractivity contribution in [2.45, 2.75) is 6.54 Å². The molecule has 0 saturated heterocycles. The lowest BCUT2D eigenvalue weighted by molar-refractivity contribution is -0.633. The Balaban J connectivity index is 2.57. The zero-order valence-corrected chi connectivity index (χ0v) is 8.53. The summed E-state index contributed by atoms with van der Waals surface area (Å²) >= 11 is 0. The van der Waals surface area contributed by atoms with Crippen LogP contribution < -0.4 is 15.4 Å². The van der Waals surface area contributed by atoms with Gasteiger partial charge in [-0.2, -0.15) is 4.57 Å². The van der Waals surface area contributed by atoms with E-state index in [4.69, 9.17) is 0 Å². The number of hydrogen-bond acceptors (Lipinski definition) is 2. The monoisotopic (exact) mass is 202 g/mol. The predicted octanol–water partition coefficient (Wildman–Crippen LogP) is 0.251. The fourth-order valence-electron chi connectivity index (χ4n) is 2.18. The van der Waals surface area contributed by atoms with E-state index in [0.717, 1.165) is 29.9 Å². The Morgan fingerprint density at radius 1 is 1.40 bits per heavy atom. The molecule has 0 atom stereocenters. The van der Waals surface area contributed by atoms with E-state index in [0.29, 0.717) is 0 Å². The minimum absolute atomic E-state index is 0.101. The van der Waals surface area contributed by atoms with Gasteiger partial charge in [0, 0.05) is 0 Å². The van der Waals surface area contributed by atoms with E-state index in [-0.39, 0.29) is 5.56 Å². The highest BCUT2D eigenvalue weighted by Gasteiger charge is 2.24. The summed E-state index contributed by atoms with van der Waals surface area (Å²) in [6.07, 6.45) is 0. The fraction of sp³-hybridized carbons (Fsp3) is 0.273. The second kappa shape index (κ2) is 2.82.